The van der Waals surface area contributed by atoms with Crippen molar-refractivity contribution in [2.45, 2.75) is 12.1 Å². The number of para-hydroxylation sites is 1. The summed E-state index contributed by atoms with van der Waals surface area (Å²) < 4.78 is 2.43. The number of rotatable bonds is 7. The zero-order valence-corrected chi connectivity index (χ0v) is 20.7. The summed E-state index contributed by atoms with van der Waals surface area (Å²) in [6.45, 7) is 1.91. The Kier molecular flexibility index (Phi) is 7.72. The fourth-order valence-electron chi connectivity index (χ4n) is 3.24. The van der Waals surface area contributed by atoms with E-state index in [1.165, 1.54) is 16.3 Å². The van der Waals surface area contributed by atoms with Crippen molar-refractivity contribution in [3.05, 3.63) is 105 Å². The summed E-state index contributed by atoms with van der Waals surface area (Å²) in [6.07, 6.45) is 3.57. The minimum Gasteiger partial charge on any atom is -0.272 e. The molecule has 0 spiro atoms. The van der Waals surface area contributed by atoms with Gasteiger partial charge < -0.3 is 0 Å². The zero-order chi connectivity index (χ0) is 23.9. The Morgan fingerprint density at radius 3 is 2.53 bits per heavy atom. The standard InChI is InChI=1S/C26H21BrN4O2S/c1-18(15-19-7-3-2-4-8-19)16-28-30-24(32)17-34-26-29-23-10-6-5-9-22(23)25(33)31(26)21-13-11-20(27)12-14-21/h2-16H,17H2,1H3,(H,30,32)/b18-15+,28-16+. The summed E-state index contributed by atoms with van der Waals surface area (Å²) >= 11 is 4.60. The number of hydrogen-bond donors (Lipinski definition) is 1. The van der Waals surface area contributed by atoms with Crippen LogP contribution < -0.4 is 11.0 Å². The SMILES string of the molecule is CC(/C=N/NC(=O)CSc1nc2ccccc2c(=O)n1-c1ccc(Br)cc1)=C\c1ccccc1. The van der Waals surface area contributed by atoms with Gasteiger partial charge in [0.05, 0.1) is 28.6 Å². The number of aromatic nitrogens is 2. The van der Waals surface area contributed by atoms with E-state index < -0.39 is 0 Å². The number of amides is 1. The molecule has 0 aliphatic carbocycles. The Hall–Kier alpha value is -3.49. The van der Waals surface area contributed by atoms with E-state index in [1.54, 1.807) is 18.3 Å². The lowest BCUT2D eigenvalue weighted by Gasteiger charge is -2.13. The van der Waals surface area contributed by atoms with Gasteiger partial charge in [0.1, 0.15) is 0 Å². The fraction of sp³-hybridized carbons (Fsp3) is 0.0769. The molecule has 0 aliphatic heterocycles. The van der Waals surface area contributed by atoms with Crippen molar-refractivity contribution in [1.82, 2.24) is 15.0 Å². The second-order valence-electron chi connectivity index (χ2n) is 7.41. The number of thioether (sulfide) groups is 1. The Morgan fingerprint density at radius 1 is 1.06 bits per heavy atom. The first-order valence-corrected chi connectivity index (χ1v) is 12.2. The van der Waals surface area contributed by atoms with Gasteiger partial charge in [-0.25, -0.2) is 10.4 Å². The summed E-state index contributed by atoms with van der Waals surface area (Å²) in [7, 11) is 0. The van der Waals surface area contributed by atoms with Crippen molar-refractivity contribution in [3.63, 3.8) is 0 Å². The average molecular weight is 533 g/mol. The van der Waals surface area contributed by atoms with Crippen molar-refractivity contribution in [2.75, 3.05) is 5.75 Å². The van der Waals surface area contributed by atoms with Crippen LogP contribution in [0.2, 0.25) is 0 Å². The molecule has 0 unspecified atom stereocenters. The molecule has 4 rings (SSSR count). The quantitative estimate of drug-likeness (QED) is 0.149. The highest BCUT2D eigenvalue weighted by atomic mass is 79.9. The van der Waals surface area contributed by atoms with E-state index in [9.17, 15) is 9.59 Å². The Balaban J connectivity index is 1.51. The lowest BCUT2D eigenvalue weighted by molar-refractivity contribution is -0.118. The highest BCUT2D eigenvalue weighted by molar-refractivity contribution is 9.10. The molecule has 0 radical (unpaired) electrons. The lowest BCUT2D eigenvalue weighted by Crippen LogP contribution is -2.24. The first kappa shape index (κ1) is 23.7. The molecule has 4 aromatic rings. The molecular weight excluding hydrogens is 512 g/mol. The van der Waals surface area contributed by atoms with Gasteiger partial charge in [-0.15, -0.1) is 0 Å². The number of allylic oxidation sites excluding steroid dienone is 1. The number of halogens is 1. The van der Waals surface area contributed by atoms with Gasteiger partial charge in [-0.2, -0.15) is 5.10 Å². The van der Waals surface area contributed by atoms with Crippen molar-refractivity contribution < 1.29 is 4.79 Å². The molecule has 0 aliphatic rings. The first-order valence-electron chi connectivity index (χ1n) is 10.5. The van der Waals surface area contributed by atoms with Gasteiger partial charge in [0, 0.05) is 4.47 Å². The van der Waals surface area contributed by atoms with Crippen LogP contribution in [-0.4, -0.2) is 27.4 Å². The molecular formula is C26H21BrN4O2S. The fourth-order valence-corrected chi connectivity index (χ4v) is 4.31. The van der Waals surface area contributed by atoms with E-state index in [0.717, 1.165) is 15.6 Å². The molecule has 0 atom stereocenters. The van der Waals surface area contributed by atoms with E-state index in [-0.39, 0.29) is 17.2 Å². The number of nitrogens with one attached hydrogen (secondary N) is 1. The van der Waals surface area contributed by atoms with Crippen molar-refractivity contribution >= 4 is 56.8 Å². The van der Waals surface area contributed by atoms with Crippen LogP contribution >= 0.6 is 27.7 Å². The Bertz CT molecular complexity index is 1430. The van der Waals surface area contributed by atoms with Crippen LogP contribution in [0.3, 0.4) is 0 Å². The molecule has 6 nitrogen and oxygen atoms in total. The number of carbonyl (C=O) groups is 1. The second kappa shape index (κ2) is 11.1. The lowest BCUT2D eigenvalue weighted by atomic mass is 10.1. The summed E-state index contributed by atoms with van der Waals surface area (Å²) in [6, 6.07) is 24.4. The van der Waals surface area contributed by atoms with E-state index in [1.807, 2.05) is 79.7 Å². The molecule has 3 aromatic carbocycles. The highest BCUT2D eigenvalue weighted by Gasteiger charge is 2.14. The maximum atomic E-state index is 13.2. The third-order valence-corrected chi connectivity index (χ3v) is 6.28. The predicted molar refractivity (Wildman–Crippen MR) is 142 cm³/mol. The molecule has 0 saturated heterocycles. The van der Waals surface area contributed by atoms with Crippen molar-refractivity contribution in [3.8, 4) is 5.69 Å². The molecule has 1 heterocycles. The largest absolute Gasteiger partial charge is 0.272 e. The van der Waals surface area contributed by atoms with Crippen molar-refractivity contribution in [1.29, 1.82) is 0 Å². The number of hydrazone groups is 1. The minimum absolute atomic E-state index is 0.0557. The molecule has 34 heavy (non-hydrogen) atoms. The second-order valence-corrected chi connectivity index (χ2v) is 9.27. The molecule has 170 valence electrons. The normalized spacial score (nSPS) is 11.8. The average Bonchev–Trinajstić information content (AvgIpc) is 2.84. The first-order chi connectivity index (χ1) is 16.5. The summed E-state index contributed by atoms with van der Waals surface area (Å²) in [4.78, 5) is 30.3. The molecule has 1 aromatic heterocycles. The predicted octanol–water partition coefficient (Wildman–Crippen LogP) is 5.45. The third-order valence-electron chi connectivity index (χ3n) is 4.81. The van der Waals surface area contributed by atoms with Crippen LogP contribution in [0, 0.1) is 0 Å². The van der Waals surface area contributed by atoms with Gasteiger partial charge in [-0.1, -0.05) is 76.2 Å². The molecule has 0 fully saturated rings. The Labute approximate surface area is 209 Å². The van der Waals surface area contributed by atoms with Crippen LogP contribution in [0.15, 0.2) is 104 Å². The van der Waals surface area contributed by atoms with Gasteiger partial charge in [0.15, 0.2) is 5.16 Å². The minimum atomic E-state index is -0.293. The van der Waals surface area contributed by atoms with Crippen molar-refractivity contribution in [2.24, 2.45) is 5.10 Å². The number of nitrogens with zero attached hydrogens (tertiary/aromatic N) is 3. The smallest absolute Gasteiger partial charge is 0.266 e. The number of carbonyl (C=O) groups excluding carboxylic acids is 1. The van der Waals surface area contributed by atoms with Gasteiger partial charge >= 0.3 is 0 Å². The van der Waals surface area contributed by atoms with E-state index in [0.29, 0.717) is 21.7 Å². The number of hydrogen-bond acceptors (Lipinski definition) is 5. The van der Waals surface area contributed by atoms with E-state index in [4.69, 9.17) is 0 Å². The summed E-state index contributed by atoms with van der Waals surface area (Å²) in [5, 5.41) is 4.99. The maximum Gasteiger partial charge on any atom is 0.266 e. The van der Waals surface area contributed by atoms with Gasteiger partial charge in [0.25, 0.3) is 11.5 Å². The summed E-state index contributed by atoms with van der Waals surface area (Å²) in [5.74, 6) is -0.237. The zero-order valence-electron chi connectivity index (χ0n) is 18.3. The third kappa shape index (κ3) is 5.89. The van der Waals surface area contributed by atoms with E-state index in [2.05, 4.69) is 31.4 Å². The van der Waals surface area contributed by atoms with Gasteiger partial charge in [0.2, 0.25) is 0 Å². The molecule has 1 N–H and O–H groups in total. The monoisotopic (exact) mass is 532 g/mol. The van der Waals surface area contributed by atoms with Crippen LogP contribution in [0.4, 0.5) is 0 Å². The summed E-state index contributed by atoms with van der Waals surface area (Å²) in [5.41, 5.74) is 5.57. The Morgan fingerprint density at radius 2 is 1.76 bits per heavy atom. The number of fused-ring (bicyclic) bond motifs is 1. The highest BCUT2D eigenvalue weighted by Crippen LogP contribution is 2.22. The molecule has 1 amide bonds. The number of benzene rings is 3. The molecule has 0 bridgehead atoms. The maximum absolute atomic E-state index is 13.2. The topological polar surface area (TPSA) is 76.3 Å². The van der Waals surface area contributed by atoms with Crippen LogP contribution in [0.25, 0.3) is 22.7 Å². The van der Waals surface area contributed by atoms with E-state index >= 15 is 0 Å². The van der Waals surface area contributed by atoms with Crippen LogP contribution in [0.5, 0.6) is 0 Å². The molecule has 0 saturated carbocycles. The van der Waals surface area contributed by atoms with Gasteiger partial charge in [-0.05, 0) is 54.5 Å². The van der Waals surface area contributed by atoms with Crippen LogP contribution in [-0.2, 0) is 4.79 Å². The van der Waals surface area contributed by atoms with Gasteiger partial charge in [-0.3, -0.25) is 14.2 Å². The molecule has 8 heteroatoms. The van der Waals surface area contributed by atoms with Crippen LogP contribution in [0.1, 0.15) is 12.5 Å².